The highest BCUT2D eigenvalue weighted by Gasteiger charge is 2.42. The van der Waals surface area contributed by atoms with E-state index in [1.54, 1.807) is 0 Å². The molecule has 0 N–H and O–H groups in total. The maximum absolute atomic E-state index is 12.3. The average Bonchev–Trinajstić information content (AvgIpc) is 3.24. The van der Waals surface area contributed by atoms with Gasteiger partial charge in [-0.3, -0.25) is 4.79 Å². The van der Waals surface area contributed by atoms with Gasteiger partial charge < -0.3 is 19.4 Å². The largest absolute Gasteiger partial charge is 0.378 e. The Labute approximate surface area is 119 Å². The summed E-state index contributed by atoms with van der Waals surface area (Å²) in [6.07, 6.45) is 1.03. The van der Waals surface area contributed by atoms with Crippen molar-refractivity contribution in [3.63, 3.8) is 0 Å². The summed E-state index contributed by atoms with van der Waals surface area (Å²) in [5.74, 6) is 1.09. The second-order valence-electron chi connectivity index (χ2n) is 6.01. The van der Waals surface area contributed by atoms with Crippen LogP contribution in [-0.4, -0.2) is 79.1 Å². The first-order valence-electron chi connectivity index (χ1n) is 7.57. The molecule has 3 rings (SSSR count). The van der Waals surface area contributed by atoms with Gasteiger partial charge in [0.2, 0.25) is 5.91 Å². The molecular weight excluding hydrogens is 258 g/mol. The lowest BCUT2D eigenvalue weighted by molar-refractivity contribution is -0.134. The molecule has 1 saturated carbocycles. The number of piperazine rings is 1. The summed E-state index contributed by atoms with van der Waals surface area (Å²) in [5.41, 5.74) is 0. The van der Waals surface area contributed by atoms with Crippen LogP contribution in [0.1, 0.15) is 13.3 Å². The van der Waals surface area contributed by atoms with Crippen LogP contribution in [0.4, 0.5) is 4.79 Å². The van der Waals surface area contributed by atoms with E-state index in [1.165, 1.54) is 0 Å². The Morgan fingerprint density at radius 2 is 1.40 bits per heavy atom. The van der Waals surface area contributed by atoms with Crippen molar-refractivity contribution in [3.05, 3.63) is 0 Å². The van der Waals surface area contributed by atoms with Crippen molar-refractivity contribution in [2.75, 3.05) is 52.5 Å². The first kappa shape index (κ1) is 13.7. The van der Waals surface area contributed by atoms with E-state index < -0.39 is 0 Å². The molecule has 6 heteroatoms. The van der Waals surface area contributed by atoms with Gasteiger partial charge in [0.15, 0.2) is 0 Å². The summed E-state index contributed by atoms with van der Waals surface area (Å²) in [7, 11) is 0. The minimum absolute atomic E-state index is 0.0974. The Morgan fingerprint density at radius 3 is 1.95 bits per heavy atom. The molecule has 20 heavy (non-hydrogen) atoms. The standard InChI is InChI=1S/C14H23N3O3/c1-11-10-12(11)13(18)15-2-4-16(5-3-15)14(19)17-6-8-20-9-7-17/h11-12H,2-10H2,1H3. The van der Waals surface area contributed by atoms with E-state index in [0.717, 1.165) is 6.42 Å². The third-order valence-electron chi connectivity index (χ3n) is 4.57. The molecule has 2 atom stereocenters. The number of morpholine rings is 1. The van der Waals surface area contributed by atoms with E-state index in [0.29, 0.717) is 58.4 Å². The van der Waals surface area contributed by atoms with Gasteiger partial charge >= 0.3 is 6.03 Å². The highest BCUT2D eigenvalue weighted by atomic mass is 16.5. The fraction of sp³-hybridized carbons (Fsp3) is 0.857. The number of ether oxygens (including phenoxy) is 1. The zero-order valence-corrected chi connectivity index (χ0v) is 12.1. The Morgan fingerprint density at radius 1 is 0.900 bits per heavy atom. The Balaban J connectivity index is 1.48. The second-order valence-corrected chi connectivity index (χ2v) is 6.01. The van der Waals surface area contributed by atoms with Crippen molar-refractivity contribution in [1.29, 1.82) is 0 Å². The fourth-order valence-corrected chi connectivity index (χ4v) is 2.97. The minimum Gasteiger partial charge on any atom is -0.378 e. The molecule has 0 radical (unpaired) electrons. The lowest BCUT2D eigenvalue weighted by Crippen LogP contribution is -2.55. The maximum atomic E-state index is 12.3. The van der Waals surface area contributed by atoms with Crippen LogP contribution in [0, 0.1) is 11.8 Å². The molecule has 3 aliphatic rings. The minimum atomic E-state index is 0.0974. The maximum Gasteiger partial charge on any atom is 0.320 e. The fourth-order valence-electron chi connectivity index (χ4n) is 2.97. The van der Waals surface area contributed by atoms with E-state index >= 15 is 0 Å². The number of amides is 3. The van der Waals surface area contributed by atoms with Crippen LogP contribution in [0.15, 0.2) is 0 Å². The normalized spacial score (nSPS) is 30.4. The lowest BCUT2D eigenvalue weighted by atomic mass is 10.2. The summed E-state index contributed by atoms with van der Waals surface area (Å²) >= 11 is 0. The van der Waals surface area contributed by atoms with Crippen molar-refractivity contribution in [3.8, 4) is 0 Å². The van der Waals surface area contributed by atoms with E-state index in [9.17, 15) is 9.59 Å². The summed E-state index contributed by atoms with van der Waals surface area (Å²) in [6, 6.07) is 0.0974. The number of carbonyl (C=O) groups is 2. The molecule has 2 unspecified atom stereocenters. The summed E-state index contributed by atoms with van der Waals surface area (Å²) in [4.78, 5) is 30.1. The van der Waals surface area contributed by atoms with Crippen LogP contribution in [0.2, 0.25) is 0 Å². The van der Waals surface area contributed by atoms with E-state index in [-0.39, 0.29) is 17.9 Å². The van der Waals surface area contributed by atoms with Crippen molar-refractivity contribution >= 4 is 11.9 Å². The molecule has 3 amide bonds. The highest BCUT2D eigenvalue weighted by Crippen LogP contribution is 2.39. The van der Waals surface area contributed by atoms with Crippen molar-refractivity contribution in [2.45, 2.75) is 13.3 Å². The third kappa shape index (κ3) is 2.75. The molecule has 0 aromatic rings. The molecular formula is C14H23N3O3. The van der Waals surface area contributed by atoms with Gasteiger partial charge in [0.25, 0.3) is 0 Å². The smallest absolute Gasteiger partial charge is 0.320 e. The van der Waals surface area contributed by atoms with Gasteiger partial charge in [-0.2, -0.15) is 0 Å². The summed E-state index contributed by atoms with van der Waals surface area (Å²) < 4.78 is 5.26. The molecule has 112 valence electrons. The van der Waals surface area contributed by atoms with Gasteiger partial charge in [-0.05, 0) is 12.3 Å². The molecule has 2 saturated heterocycles. The van der Waals surface area contributed by atoms with Crippen LogP contribution >= 0.6 is 0 Å². The molecule has 0 bridgehead atoms. The summed E-state index contributed by atoms with van der Waals surface area (Å²) in [5, 5.41) is 0. The zero-order chi connectivity index (χ0) is 14.1. The van der Waals surface area contributed by atoms with Crippen LogP contribution in [0.3, 0.4) is 0 Å². The third-order valence-corrected chi connectivity index (χ3v) is 4.57. The quantitative estimate of drug-likeness (QED) is 0.692. The first-order chi connectivity index (χ1) is 9.66. The molecule has 0 aromatic heterocycles. The van der Waals surface area contributed by atoms with E-state index in [2.05, 4.69) is 6.92 Å². The van der Waals surface area contributed by atoms with Crippen LogP contribution in [-0.2, 0) is 9.53 Å². The predicted molar refractivity (Wildman–Crippen MR) is 73.2 cm³/mol. The van der Waals surface area contributed by atoms with Gasteiger partial charge in [-0.15, -0.1) is 0 Å². The highest BCUT2D eigenvalue weighted by molar-refractivity contribution is 5.82. The Kier molecular flexibility index (Phi) is 3.83. The lowest BCUT2D eigenvalue weighted by Gasteiger charge is -2.38. The Hall–Kier alpha value is -1.30. The van der Waals surface area contributed by atoms with Gasteiger partial charge in [-0.25, -0.2) is 4.79 Å². The van der Waals surface area contributed by atoms with Crippen LogP contribution < -0.4 is 0 Å². The average molecular weight is 281 g/mol. The molecule has 6 nitrogen and oxygen atoms in total. The van der Waals surface area contributed by atoms with Gasteiger partial charge in [0, 0.05) is 45.2 Å². The van der Waals surface area contributed by atoms with Crippen LogP contribution in [0.5, 0.6) is 0 Å². The topological polar surface area (TPSA) is 53.1 Å². The van der Waals surface area contributed by atoms with Crippen molar-refractivity contribution in [1.82, 2.24) is 14.7 Å². The van der Waals surface area contributed by atoms with Crippen LogP contribution in [0.25, 0.3) is 0 Å². The zero-order valence-electron chi connectivity index (χ0n) is 12.1. The number of carbonyl (C=O) groups excluding carboxylic acids is 2. The number of urea groups is 1. The number of hydrogen-bond acceptors (Lipinski definition) is 3. The molecule has 0 spiro atoms. The number of hydrogen-bond donors (Lipinski definition) is 0. The van der Waals surface area contributed by atoms with Crippen molar-refractivity contribution in [2.24, 2.45) is 11.8 Å². The van der Waals surface area contributed by atoms with E-state index in [4.69, 9.17) is 4.74 Å². The summed E-state index contributed by atoms with van der Waals surface area (Å²) in [6.45, 7) is 7.41. The predicted octanol–water partition coefficient (Wildman–Crippen LogP) is 0.239. The molecule has 0 aromatic carbocycles. The number of rotatable bonds is 1. The second kappa shape index (κ2) is 5.60. The van der Waals surface area contributed by atoms with Gasteiger partial charge in [0.1, 0.15) is 0 Å². The molecule has 1 aliphatic carbocycles. The van der Waals surface area contributed by atoms with Gasteiger partial charge in [-0.1, -0.05) is 6.92 Å². The van der Waals surface area contributed by atoms with Gasteiger partial charge in [0.05, 0.1) is 13.2 Å². The molecule has 2 aliphatic heterocycles. The monoisotopic (exact) mass is 281 g/mol. The first-order valence-corrected chi connectivity index (χ1v) is 7.57. The Bertz CT molecular complexity index is 387. The molecule has 3 fully saturated rings. The molecule has 2 heterocycles. The SMILES string of the molecule is CC1CC1C(=O)N1CCN(C(=O)N2CCOCC2)CC1. The van der Waals surface area contributed by atoms with Crippen molar-refractivity contribution < 1.29 is 14.3 Å². The number of nitrogens with zero attached hydrogens (tertiary/aromatic N) is 3. The van der Waals surface area contributed by atoms with E-state index in [1.807, 2.05) is 14.7 Å².